The van der Waals surface area contributed by atoms with E-state index in [4.69, 9.17) is 21.7 Å². The molecule has 0 aromatic heterocycles. The molecule has 3 aromatic carbocycles. The Morgan fingerprint density at radius 1 is 1.08 bits per heavy atom. The number of amides is 1. The van der Waals surface area contributed by atoms with E-state index >= 15 is 0 Å². The molecule has 4 rings (SSSR count). The first-order valence-corrected chi connectivity index (χ1v) is 11.9. The average molecular weight is 503 g/mol. The molecular formula is C27H26N4O4S. The molecule has 0 radical (unpaired) electrons. The predicted octanol–water partition coefficient (Wildman–Crippen LogP) is 3.72. The van der Waals surface area contributed by atoms with Crippen molar-refractivity contribution in [2.24, 2.45) is 5.10 Å². The van der Waals surface area contributed by atoms with Crippen LogP contribution in [0.3, 0.4) is 0 Å². The number of allylic oxidation sites excluding steroid dienone is 1. The fourth-order valence-electron chi connectivity index (χ4n) is 3.97. The summed E-state index contributed by atoms with van der Waals surface area (Å²) < 4.78 is 11.1. The van der Waals surface area contributed by atoms with Gasteiger partial charge in [0.2, 0.25) is 0 Å². The third kappa shape index (κ3) is 5.69. The number of thiocarbonyl (C=S) groups is 1. The minimum atomic E-state index is -0.596. The number of hydrazone groups is 1. The zero-order valence-corrected chi connectivity index (χ0v) is 20.7. The molecule has 0 saturated carbocycles. The van der Waals surface area contributed by atoms with Crippen LogP contribution in [-0.2, 0) is 14.3 Å². The van der Waals surface area contributed by atoms with Gasteiger partial charge in [-0.05, 0) is 42.9 Å². The molecule has 0 bridgehead atoms. The lowest BCUT2D eigenvalue weighted by molar-refractivity contribution is -0.139. The van der Waals surface area contributed by atoms with Gasteiger partial charge in [-0.3, -0.25) is 4.79 Å². The summed E-state index contributed by atoms with van der Waals surface area (Å²) in [4.78, 5) is 25.1. The predicted molar refractivity (Wildman–Crippen MR) is 143 cm³/mol. The van der Waals surface area contributed by atoms with Crippen LogP contribution in [0, 0.1) is 0 Å². The molecule has 1 aliphatic rings. The van der Waals surface area contributed by atoms with Gasteiger partial charge in [-0.1, -0.05) is 60.7 Å². The molecule has 1 atom stereocenters. The summed E-state index contributed by atoms with van der Waals surface area (Å²) in [5.41, 5.74) is 5.03. The fraction of sp³-hybridized carbons (Fsp3) is 0.185. The zero-order chi connectivity index (χ0) is 25.5. The summed E-state index contributed by atoms with van der Waals surface area (Å²) in [5, 5.41) is 12.7. The van der Waals surface area contributed by atoms with Crippen molar-refractivity contribution in [2.45, 2.75) is 19.9 Å². The van der Waals surface area contributed by atoms with Gasteiger partial charge in [-0.15, -0.1) is 0 Å². The minimum Gasteiger partial charge on any atom is -0.483 e. The highest BCUT2D eigenvalue weighted by Gasteiger charge is 2.32. The molecule has 0 spiro atoms. The summed E-state index contributed by atoms with van der Waals surface area (Å²) in [5.74, 6) is -0.451. The highest BCUT2D eigenvalue weighted by atomic mass is 32.1. The summed E-state index contributed by atoms with van der Waals surface area (Å²) in [6, 6.07) is 20.4. The molecule has 3 N–H and O–H groups in total. The highest BCUT2D eigenvalue weighted by Crippen LogP contribution is 2.33. The molecule has 0 saturated heterocycles. The van der Waals surface area contributed by atoms with Crippen LogP contribution >= 0.6 is 12.2 Å². The highest BCUT2D eigenvalue weighted by molar-refractivity contribution is 7.80. The number of fused-ring (bicyclic) bond motifs is 1. The lowest BCUT2D eigenvalue weighted by Crippen LogP contribution is -2.45. The first kappa shape index (κ1) is 24.9. The molecule has 8 nitrogen and oxygen atoms in total. The van der Waals surface area contributed by atoms with Gasteiger partial charge in [0.05, 0.1) is 24.4 Å². The van der Waals surface area contributed by atoms with Crippen molar-refractivity contribution < 1.29 is 19.1 Å². The second-order valence-electron chi connectivity index (χ2n) is 7.98. The summed E-state index contributed by atoms with van der Waals surface area (Å²) in [6.45, 7) is 3.48. The van der Waals surface area contributed by atoms with Crippen LogP contribution in [0.1, 0.15) is 31.0 Å². The number of para-hydroxylation sites is 1. The molecule has 3 aromatic rings. The smallest absolute Gasteiger partial charge is 0.338 e. The standard InChI is InChI=1S/C27H26N4O4S/c1-3-34-26(33)24-17(2)29-27(36)30-25(24)21-13-6-7-14-22(21)35-16-23(32)31-28-15-19-11-8-10-18-9-4-5-12-20(18)19/h4-15,25H,3,16H2,1-2H3,(H,31,32)(H2,29,30,36)/t25-/m1/s1. The van der Waals surface area contributed by atoms with Crippen LogP contribution in [0.15, 0.2) is 83.1 Å². The van der Waals surface area contributed by atoms with Crippen molar-refractivity contribution in [1.82, 2.24) is 16.1 Å². The van der Waals surface area contributed by atoms with E-state index in [2.05, 4.69) is 21.2 Å². The number of hydrogen-bond donors (Lipinski definition) is 3. The van der Waals surface area contributed by atoms with Crippen molar-refractivity contribution in [3.05, 3.63) is 89.1 Å². The van der Waals surface area contributed by atoms with Crippen LogP contribution < -0.4 is 20.8 Å². The van der Waals surface area contributed by atoms with Gasteiger partial charge in [0, 0.05) is 16.8 Å². The molecule has 1 heterocycles. The van der Waals surface area contributed by atoms with Gasteiger partial charge in [0.1, 0.15) is 5.75 Å². The Hall–Kier alpha value is -4.24. The Labute approximate surface area is 214 Å². The quantitative estimate of drug-likeness (QED) is 0.187. The number of esters is 1. The Bertz CT molecular complexity index is 1360. The van der Waals surface area contributed by atoms with E-state index in [0.717, 1.165) is 16.3 Å². The molecular weight excluding hydrogens is 476 g/mol. The van der Waals surface area contributed by atoms with Crippen molar-refractivity contribution in [1.29, 1.82) is 0 Å². The third-order valence-electron chi connectivity index (χ3n) is 5.57. The minimum absolute atomic E-state index is 0.240. The van der Waals surface area contributed by atoms with Gasteiger partial charge in [0.15, 0.2) is 11.7 Å². The number of hydrogen-bond acceptors (Lipinski definition) is 6. The topological polar surface area (TPSA) is 101 Å². The second-order valence-corrected chi connectivity index (χ2v) is 8.39. The van der Waals surface area contributed by atoms with Gasteiger partial charge < -0.3 is 20.1 Å². The van der Waals surface area contributed by atoms with E-state index in [1.165, 1.54) is 0 Å². The van der Waals surface area contributed by atoms with Crippen LogP contribution in [0.2, 0.25) is 0 Å². The van der Waals surface area contributed by atoms with E-state index in [0.29, 0.717) is 27.7 Å². The van der Waals surface area contributed by atoms with Crippen molar-refractivity contribution in [3.63, 3.8) is 0 Å². The number of ether oxygens (including phenoxy) is 2. The second kappa shape index (κ2) is 11.5. The number of rotatable bonds is 8. The average Bonchev–Trinajstić information content (AvgIpc) is 2.87. The van der Waals surface area contributed by atoms with Gasteiger partial charge >= 0.3 is 5.97 Å². The lowest BCUT2D eigenvalue weighted by Gasteiger charge is -2.30. The molecule has 184 valence electrons. The van der Waals surface area contributed by atoms with Gasteiger partial charge in [-0.25, -0.2) is 10.2 Å². The van der Waals surface area contributed by atoms with Crippen LogP contribution in [0.4, 0.5) is 0 Å². The Balaban J connectivity index is 1.46. The normalized spacial score (nSPS) is 15.4. The SMILES string of the molecule is CCOC(=O)C1=C(C)NC(=S)N[C@@H]1c1ccccc1OCC(=O)NN=Cc1cccc2ccccc12. The molecule has 1 aliphatic heterocycles. The number of benzene rings is 3. The molecule has 1 amide bonds. The number of nitrogens with one attached hydrogen (secondary N) is 3. The maximum Gasteiger partial charge on any atom is 0.338 e. The number of nitrogens with zero attached hydrogens (tertiary/aromatic N) is 1. The first-order chi connectivity index (χ1) is 17.5. The Morgan fingerprint density at radius 2 is 1.83 bits per heavy atom. The van der Waals surface area contributed by atoms with E-state index in [1.807, 2.05) is 54.6 Å². The fourth-order valence-corrected chi connectivity index (χ4v) is 4.24. The summed E-state index contributed by atoms with van der Waals surface area (Å²) in [7, 11) is 0. The summed E-state index contributed by atoms with van der Waals surface area (Å²) in [6.07, 6.45) is 1.60. The monoisotopic (exact) mass is 502 g/mol. The van der Waals surface area contributed by atoms with E-state index in [1.54, 1.807) is 32.2 Å². The maximum atomic E-state index is 12.7. The Kier molecular flexibility index (Phi) is 7.92. The van der Waals surface area contributed by atoms with Crippen molar-refractivity contribution in [2.75, 3.05) is 13.2 Å². The third-order valence-corrected chi connectivity index (χ3v) is 5.79. The van der Waals surface area contributed by atoms with Crippen LogP contribution in [-0.4, -0.2) is 36.4 Å². The largest absolute Gasteiger partial charge is 0.483 e. The van der Waals surface area contributed by atoms with Gasteiger partial charge in [0.25, 0.3) is 5.91 Å². The van der Waals surface area contributed by atoms with Crippen LogP contribution in [0.5, 0.6) is 5.75 Å². The molecule has 36 heavy (non-hydrogen) atoms. The summed E-state index contributed by atoms with van der Waals surface area (Å²) >= 11 is 5.30. The zero-order valence-electron chi connectivity index (χ0n) is 19.9. The number of carbonyl (C=O) groups excluding carboxylic acids is 2. The lowest BCUT2D eigenvalue weighted by atomic mass is 9.95. The van der Waals surface area contributed by atoms with E-state index in [9.17, 15) is 9.59 Å². The van der Waals surface area contributed by atoms with E-state index < -0.39 is 17.9 Å². The molecule has 9 heteroatoms. The Morgan fingerprint density at radius 3 is 2.67 bits per heavy atom. The molecule has 0 unspecified atom stereocenters. The van der Waals surface area contributed by atoms with E-state index in [-0.39, 0.29) is 13.2 Å². The molecule has 0 fully saturated rings. The first-order valence-electron chi connectivity index (χ1n) is 11.4. The van der Waals surface area contributed by atoms with Crippen LogP contribution in [0.25, 0.3) is 10.8 Å². The number of carbonyl (C=O) groups is 2. The van der Waals surface area contributed by atoms with Crippen molar-refractivity contribution >= 4 is 46.2 Å². The van der Waals surface area contributed by atoms with Crippen molar-refractivity contribution in [3.8, 4) is 5.75 Å². The molecule has 0 aliphatic carbocycles. The van der Waals surface area contributed by atoms with Gasteiger partial charge in [-0.2, -0.15) is 5.10 Å². The maximum absolute atomic E-state index is 12.7.